The highest BCUT2D eigenvalue weighted by molar-refractivity contribution is 5.99. The summed E-state index contributed by atoms with van der Waals surface area (Å²) in [5.41, 5.74) is -0.636. The van der Waals surface area contributed by atoms with Gasteiger partial charge in [0.1, 0.15) is 17.9 Å². The SMILES string of the molecule is O=C(NC1(C(=O)O)CC1)c1ccc(OCC2CCCO2)cc1. The molecule has 0 bridgehead atoms. The molecule has 22 heavy (non-hydrogen) atoms. The average molecular weight is 305 g/mol. The maximum absolute atomic E-state index is 12.0. The molecule has 6 nitrogen and oxygen atoms in total. The molecule has 3 rings (SSSR count). The van der Waals surface area contributed by atoms with Crippen molar-refractivity contribution in [1.82, 2.24) is 5.32 Å². The average Bonchev–Trinajstić information content (AvgIpc) is 3.11. The van der Waals surface area contributed by atoms with Gasteiger partial charge in [-0.1, -0.05) is 0 Å². The Labute approximate surface area is 128 Å². The zero-order valence-corrected chi connectivity index (χ0v) is 12.2. The Hall–Kier alpha value is -2.08. The fraction of sp³-hybridized carbons (Fsp3) is 0.500. The highest BCUT2D eigenvalue weighted by atomic mass is 16.5. The number of benzene rings is 1. The molecule has 118 valence electrons. The Balaban J connectivity index is 1.54. The van der Waals surface area contributed by atoms with Gasteiger partial charge < -0.3 is 19.9 Å². The van der Waals surface area contributed by atoms with Gasteiger partial charge in [-0.05, 0) is 49.9 Å². The van der Waals surface area contributed by atoms with Crippen molar-refractivity contribution in [3.63, 3.8) is 0 Å². The van der Waals surface area contributed by atoms with E-state index >= 15 is 0 Å². The number of carboxylic acid groups (broad SMARTS) is 1. The number of amides is 1. The van der Waals surface area contributed by atoms with Crippen molar-refractivity contribution in [2.24, 2.45) is 0 Å². The van der Waals surface area contributed by atoms with E-state index < -0.39 is 11.5 Å². The van der Waals surface area contributed by atoms with Crippen LogP contribution < -0.4 is 10.1 Å². The fourth-order valence-electron chi connectivity index (χ4n) is 2.47. The number of hydrogen-bond donors (Lipinski definition) is 2. The normalized spacial score (nSPS) is 22.1. The molecule has 2 N–H and O–H groups in total. The van der Waals surface area contributed by atoms with E-state index in [2.05, 4.69) is 5.32 Å². The van der Waals surface area contributed by atoms with Gasteiger partial charge in [-0.3, -0.25) is 4.79 Å². The van der Waals surface area contributed by atoms with Gasteiger partial charge in [-0.25, -0.2) is 4.79 Å². The Morgan fingerprint density at radius 2 is 2.05 bits per heavy atom. The molecular formula is C16H19NO5. The molecule has 2 fully saturated rings. The third kappa shape index (κ3) is 3.22. The molecule has 0 radical (unpaired) electrons. The smallest absolute Gasteiger partial charge is 0.329 e. The number of nitrogens with one attached hydrogen (secondary N) is 1. The van der Waals surface area contributed by atoms with E-state index in [9.17, 15) is 9.59 Å². The Morgan fingerprint density at radius 1 is 1.32 bits per heavy atom. The molecule has 1 amide bonds. The lowest BCUT2D eigenvalue weighted by Gasteiger charge is -2.13. The third-order valence-electron chi connectivity index (χ3n) is 4.09. The van der Waals surface area contributed by atoms with Crippen LogP contribution in [0.5, 0.6) is 5.75 Å². The topological polar surface area (TPSA) is 84.9 Å². The van der Waals surface area contributed by atoms with Gasteiger partial charge in [0, 0.05) is 12.2 Å². The fourth-order valence-corrected chi connectivity index (χ4v) is 2.47. The monoisotopic (exact) mass is 305 g/mol. The van der Waals surface area contributed by atoms with Gasteiger partial charge in [-0.2, -0.15) is 0 Å². The van der Waals surface area contributed by atoms with Crippen LogP contribution in [0, 0.1) is 0 Å². The van der Waals surface area contributed by atoms with Crippen molar-refractivity contribution >= 4 is 11.9 Å². The molecule has 1 atom stereocenters. The second-order valence-corrected chi connectivity index (χ2v) is 5.81. The Morgan fingerprint density at radius 3 is 2.59 bits per heavy atom. The first-order valence-corrected chi connectivity index (χ1v) is 7.49. The van der Waals surface area contributed by atoms with Gasteiger partial charge >= 0.3 is 5.97 Å². The van der Waals surface area contributed by atoms with Crippen molar-refractivity contribution in [2.75, 3.05) is 13.2 Å². The molecule has 1 aliphatic heterocycles. The summed E-state index contributed by atoms with van der Waals surface area (Å²) in [6.45, 7) is 1.30. The van der Waals surface area contributed by atoms with Crippen molar-refractivity contribution in [1.29, 1.82) is 0 Å². The number of carbonyl (C=O) groups is 2. The third-order valence-corrected chi connectivity index (χ3v) is 4.09. The molecule has 6 heteroatoms. The summed E-state index contributed by atoms with van der Waals surface area (Å²) < 4.78 is 11.1. The molecule has 0 spiro atoms. The van der Waals surface area contributed by atoms with E-state index in [0.717, 1.165) is 19.4 Å². The summed E-state index contributed by atoms with van der Waals surface area (Å²) in [4.78, 5) is 23.1. The maximum Gasteiger partial charge on any atom is 0.329 e. The lowest BCUT2D eigenvalue weighted by molar-refractivity contribution is -0.140. The molecule has 1 aromatic rings. The summed E-state index contributed by atoms with van der Waals surface area (Å²) in [6, 6.07) is 6.70. The number of aliphatic carboxylic acids is 1. The van der Waals surface area contributed by atoms with Gasteiger partial charge in [-0.15, -0.1) is 0 Å². The Bertz CT molecular complexity index is 558. The molecule has 0 aromatic heterocycles. The molecule has 1 saturated heterocycles. The lowest BCUT2D eigenvalue weighted by atomic mass is 10.1. The molecule has 1 saturated carbocycles. The van der Waals surface area contributed by atoms with E-state index in [-0.39, 0.29) is 12.0 Å². The number of rotatable bonds is 6. The highest BCUT2D eigenvalue weighted by Gasteiger charge is 2.51. The minimum absolute atomic E-state index is 0.147. The van der Waals surface area contributed by atoms with Gasteiger partial charge in [0.15, 0.2) is 0 Å². The molecule has 2 aliphatic rings. The predicted octanol–water partition coefficient (Wildman–Crippen LogP) is 1.59. The van der Waals surface area contributed by atoms with Crippen molar-refractivity contribution in [3.05, 3.63) is 29.8 Å². The van der Waals surface area contributed by atoms with Crippen molar-refractivity contribution < 1.29 is 24.2 Å². The summed E-state index contributed by atoms with van der Waals surface area (Å²) in [6.07, 6.45) is 3.19. The standard InChI is InChI=1S/C16H19NO5/c18-14(17-16(7-8-16)15(19)20)11-3-5-12(6-4-11)22-10-13-2-1-9-21-13/h3-6,13H,1-2,7-10H2,(H,17,18)(H,19,20). The van der Waals surface area contributed by atoms with Crippen molar-refractivity contribution in [2.45, 2.75) is 37.3 Å². The summed E-state index contributed by atoms with van der Waals surface area (Å²) in [5.74, 6) is -0.672. The quantitative estimate of drug-likeness (QED) is 0.833. The van der Waals surface area contributed by atoms with Crippen LogP contribution in [-0.2, 0) is 9.53 Å². The highest BCUT2D eigenvalue weighted by Crippen LogP contribution is 2.35. The number of carbonyl (C=O) groups excluding carboxylic acids is 1. The summed E-state index contributed by atoms with van der Waals surface area (Å²) in [5, 5.41) is 11.7. The van der Waals surface area contributed by atoms with Crippen LogP contribution in [0.25, 0.3) is 0 Å². The first kappa shape index (κ1) is 14.8. The van der Waals surface area contributed by atoms with Crippen LogP contribution in [0.15, 0.2) is 24.3 Å². The van der Waals surface area contributed by atoms with E-state index in [0.29, 0.717) is 30.8 Å². The minimum Gasteiger partial charge on any atom is -0.491 e. The van der Waals surface area contributed by atoms with Crippen LogP contribution in [0.2, 0.25) is 0 Å². The molecule has 1 heterocycles. The predicted molar refractivity (Wildman–Crippen MR) is 78.0 cm³/mol. The molecular weight excluding hydrogens is 286 g/mol. The number of ether oxygens (including phenoxy) is 2. The summed E-state index contributed by atoms with van der Waals surface area (Å²) in [7, 11) is 0. The van der Waals surface area contributed by atoms with Crippen LogP contribution >= 0.6 is 0 Å². The van der Waals surface area contributed by atoms with Crippen LogP contribution in [0.1, 0.15) is 36.0 Å². The van der Waals surface area contributed by atoms with Crippen LogP contribution in [0.4, 0.5) is 0 Å². The zero-order valence-electron chi connectivity index (χ0n) is 12.2. The first-order chi connectivity index (χ1) is 10.6. The second-order valence-electron chi connectivity index (χ2n) is 5.81. The molecule has 1 aliphatic carbocycles. The number of hydrogen-bond acceptors (Lipinski definition) is 4. The van der Waals surface area contributed by atoms with E-state index in [1.54, 1.807) is 24.3 Å². The van der Waals surface area contributed by atoms with Crippen molar-refractivity contribution in [3.8, 4) is 5.75 Å². The maximum atomic E-state index is 12.0. The second kappa shape index (κ2) is 5.96. The first-order valence-electron chi connectivity index (χ1n) is 7.49. The van der Waals surface area contributed by atoms with Crippen LogP contribution in [-0.4, -0.2) is 41.8 Å². The minimum atomic E-state index is -1.06. The van der Waals surface area contributed by atoms with E-state index in [1.807, 2.05) is 0 Å². The molecule has 1 unspecified atom stereocenters. The zero-order chi connectivity index (χ0) is 15.6. The van der Waals surface area contributed by atoms with Gasteiger partial charge in [0.25, 0.3) is 5.91 Å². The molecule has 1 aromatic carbocycles. The largest absolute Gasteiger partial charge is 0.491 e. The van der Waals surface area contributed by atoms with E-state index in [1.165, 1.54) is 0 Å². The summed E-state index contributed by atoms with van der Waals surface area (Å²) >= 11 is 0. The van der Waals surface area contributed by atoms with E-state index in [4.69, 9.17) is 14.6 Å². The van der Waals surface area contributed by atoms with Gasteiger partial charge in [0.2, 0.25) is 0 Å². The van der Waals surface area contributed by atoms with Gasteiger partial charge in [0.05, 0.1) is 6.10 Å². The lowest BCUT2D eigenvalue weighted by Crippen LogP contribution is -2.43. The number of carboxylic acids is 1. The Kier molecular flexibility index (Phi) is 4.02. The van der Waals surface area contributed by atoms with Crippen LogP contribution in [0.3, 0.4) is 0 Å².